The van der Waals surface area contributed by atoms with Crippen molar-refractivity contribution < 1.29 is 4.79 Å². The number of benzene rings is 2. The van der Waals surface area contributed by atoms with E-state index in [2.05, 4.69) is 15.6 Å². The number of hydrogen-bond donors (Lipinski definition) is 3. The molecule has 0 fully saturated rings. The van der Waals surface area contributed by atoms with Crippen molar-refractivity contribution in [2.45, 2.75) is 0 Å². The average molecular weight is 399 g/mol. The number of halogens is 2. The van der Waals surface area contributed by atoms with E-state index in [9.17, 15) is 4.79 Å². The van der Waals surface area contributed by atoms with Crippen LogP contribution in [0.5, 0.6) is 0 Å². The molecule has 0 unspecified atom stereocenters. The zero-order valence-corrected chi connectivity index (χ0v) is 15.9. The maximum atomic E-state index is 12.7. The number of allylic oxidation sites excluding steroid dienone is 1. The Balaban J connectivity index is 1.86. The standard InChI is InChI=1S/C20H16Cl2N4O/c1-24-19(11-17(23)13-6-2-3-7-15(13)21)26-20(27)14-10-18-12(9-16(14)22)5-4-8-25-18/h2-11,23-24H,1H3,(H,26,27)/b19-11+,23-17?. The van der Waals surface area contributed by atoms with Crippen molar-refractivity contribution in [1.82, 2.24) is 15.6 Å². The lowest BCUT2D eigenvalue weighted by molar-refractivity contribution is 0.0964. The first kappa shape index (κ1) is 18.9. The van der Waals surface area contributed by atoms with Gasteiger partial charge in [-0.2, -0.15) is 0 Å². The summed E-state index contributed by atoms with van der Waals surface area (Å²) in [5.41, 5.74) is 1.70. The third-order valence-electron chi connectivity index (χ3n) is 3.91. The predicted molar refractivity (Wildman–Crippen MR) is 110 cm³/mol. The molecule has 0 radical (unpaired) electrons. The zero-order valence-electron chi connectivity index (χ0n) is 14.4. The minimum absolute atomic E-state index is 0.163. The quantitative estimate of drug-likeness (QED) is 0.557. The monoisotopic (exact) mass is 398 g/mol. The van der Waals surface area contributed by atoms with E-state index in [-0.39, 0.29) is 5.71 Å². The first-order valence-electron chi connectivity index (χ1n) is 8.08. The Morgan fingerprint density at radius 2 is 1.85 bits per heavy atom. The second-order valence-electron chi connectivity index (χ2n) is 5.68. The van der Waals surface area contributed by atoms with Gasteiger partial charge in [-0.3, -0.25) is 9.78 Å². The van der Waals surface area contributed by atoms with Crippen LogP contribution < -0.4 is 10.6 Å². The summed E-state index contributed by atoms with van der Waals surface area (Å²) in [6, 6.07) is 14.1. The Labute approximate surface area is 166 Å². The van der Waals surface area contributed by atoms with E-state index >= 15 is 0 Å². The van der Waals surface area contributed by atoms with Crippen LogP contribution in [-0.4, -0.2) is 23.7 Å². The summed E-state index contributed by atoms with van der Waals surface area (Å²) >= 11 is 12.4. The molecule has 1 heterocycles. The van der Waals surface area contributed by atoms with Crippen LogP contribution in [0.3, 0.4) is 0 Å². The highest BCUT2D eigenvalue weighted by Crippen LogP contribution is 2.23. The molecule has 1 aromatic heterocycles. The molecule has 0 aliphatic carbocycles. The van der Waals surface area contributed by atoms with E-state index in [1.807, 2.05) is 6.07 Å². The van der Waals surface area contributed by atoms with Crippen LogP contribution in [0.4, 0.5) is 0 Å². The molecule has 3 N–H and O–H groups in total. The van der Waals surface area contributed by atoms with Crippen molar-refractivity contribution >= 4 is 45.7 Å². The smallest absolute Gasteiger partial charge is 0.258 e. The molecule has 0 atom stereocenters. The minimum Gasteiger partial charge on any atom is -0.375 e. The molecule has 0 bridgehead atoms. The molecule has 2 aromatic carbocycles. The van der Waals surface area contributed by atoms with E-state index in [1.165, 1.54) is 6.08 Å². The van der Waals surface area contributed by atoms with Crippen molar-refractivity contribution in [3.05, 3.63) is 87.8 Å². The normalized spacial score (nSPS) is 11.3. The van der Waals surface area contributed by atoms with Gasteiger partial charge in [0.05, 0.1) is 21.8 Å². The van der Waals surface area contributed by atoms with Gasteiger partial charge < -0.3 is 16.0 Å². The Bertz CT molecular complexity index is 1060. The fourth-order valence-electron chi connectivity index (χ4n) is 2.53. The molecule has 0 aliphatic rings. The Kier molecular flexibility index (Phi) is 5.74. The van der Waals surface area contributed by atoms with Crippen LogP contribution in [0.2, 0.25) is 10.0 Å². The highest BCUT2D eigenvalue weighted by Gasteiger charge is 2.14. The Morgan fingerprint density at radius 3 is 2.59 bits per heavy atom. The van der Waals surface area contributed by atoms with Crippen molar-refractivity contribution in [2.24, 2.45) is 0 Å². The molecule has 0 spiro atoms. The molecule has 136 valence electrons. The molecule has 7 heteroatoms. The number of carbonyl (C=O) groups excluding carboxylic acids is 1. The molecule has 0 saturated carbocycles. The summed E-state index contributed by atoms with van der Waals surface area (Å²) in [5, 5.41) is 15.4. The van der Waals surface area contributed by atoms with Gasteiger partial charge in [0.1, 0.15) is 5.82 Å². The number of amides is 1. The molecular weight excluding hydrogens is 383 g/mol. The van der Waals surface area contributed by atoms with Gasteiger partial charge in [0.15, 0.2) is 0 Å². The lowest BCUT2D eigenvalue weighted by atomic mass is 10.1. The number of fused-ring (bicyclic) bond motifs is 1. The van der Waals surface area contributed by atoms with Gasteiger partial charge in [-0.1, -0.05) is 47.5 Å². The maximum Gasteiger partial charge on any atom is 0.258 e. The summed E-state index contributed by atoms with van der Waals surface area (Å²) in [4.78, 5) is 16.9. The molecule has 3 aromatic rings. The summed E-state index contributed by atoms with van der Waals surface area (Å²) in [5.74, 6) is -0.0535. The van der Waals surface area contributed by atoms with E-state index in [1.54, 1.807) is 55.7 Å². The van der Waals surface area contributed by atoms with Crippen molar-refractivity contribution in [2.75, 3.05) is 7.05 Å². The lowest BCUT2D eigenvalue weighted by Crippen LogP contribution is -2.30. The Morgan fingerprint density at radius 1 is 1.07 bits per heavy atom. The third-order valence-corrected chi connectivity index (χ3v) is 4.55. The van der Waals surface area contributed by atoms with Crippen LogP contribution in [0.25, 0.3) is 10.9 Å². The molecule has 1 amide bonds. The highest BCUT2D eigenvalue weighted by atomic mass is 35.5. The molecular formula is C20H16Cl2N4O. The van der Waals surface area contributed by atoms with Crippen LogP contribution in [0.15, 0.2) is 66.6 Å². The number of aromatic nitrogens is 1. The average Bonchev–Trinajstić information content (AvgIpc) is 2.67. The summed E-state index contributed by atoms with van der Waals surface area (Å²) in [6.07, 6.45) is 3.15. The molecule has 0 aliphatic heterocycles. The first-order chi connectivity index (χ1) is 13.0. The van der Waals surface area contributed by atoms with Gasteiger partial charge >= 0.3 is 0 Å². The second-order valence-corrected chi connectivity index (χ2v) is 6.50. The minimum atomic E-state index is -0.403. The Hall–Kier alpha value is -2.89. The number of rotatable bonds is 5. The van der Waals surface area contributed by atoms with Gasteiger partial charge in [-0.15, -0.1) is 0 Å². The summed E-state index contributed by atoms with van der Waals surface area (Å²) in [7, 11) is 1.65. The van der Waals surface area contributed by atoms with Crippen LogP contribution >= 0.6 is 23.2 Å². The zero-order chi connectivity index (χ0) is 19.4. The first-order valence-corrected chi connectivity index (χ1v) is 8.83. The number of pyridine rings is 1. The fourth-order valence-corrected chi connectivity index (χ4v) is 3.02. The van der Waals surface area contributed by atoms with Crippen molar-refractivity contribution in [3.8, 4) is 0 Å². The van der Waals surface area contributed by atoms with Crippen molar-refractivity contribution in [1.29, 1.82) is 5.41 Å². The molecule has 5 nitrogen and oxygen atoms in total. The molecule has 27 heavy (non-hydrogen) atoms. The molecule has 3 rings (SSSR count). The van der Waals surface area contributed by atoms with Gasteiger partial charge in [-0.25, -0.2) is 0 Å². The van der Waals surface area contributed by atoms with Crippen LogP contribution in [-0.2, 0) is 0 Å². The second kappa shape index (κ2) is 8.20. The summed E-state index contributed by atoms with van der Waals surface area (Å²) in [6.45, 7) is 0. The number of hydrogen-bond acceptors (Lipinski definition) is 4. The van der Waals surface area contributed by atoms with Crippen LogP contribution in [0.1, 0.15) is 15.9 Å². The van der Waals surface area contributed by atoms with Crippen molar-refractivity contribution in [3.63, 3.8) is 0 Å². The van der Waals surface area contributed by atoms with E-state index in [0.717, 1.165) is 5.39 Å². The van der Waals surface area contributed by atoms with Gasteiger partial charge in [-0.05, 0) is 24.3 Å². The van der Waals surface area contributed by atoms with Gasteiger partial charge in [0.25, 0.3) is 5.91 Å². The maximum absolute atomic E-state index is 12.7. The predicted octanol–water partition coefficient (Wildman–Crippen LogP) is 4.40. The summed E-state index contributed by atoms with van der Waals surface area (Å²) < 4.78 is 0. The largest absolute Gasteiger partial charge is 0.375 e. The number of nitrogens with zero attached hydrogens (tertiary/aromatic N) is 1. The van der Waals surface area contributed by atoms with Crippen LogP contribution in [0, 0.1) is 5.41 Å². The fraction of sp³-hybridized carbons (Fsp3) is 0.0500. The SMILES string of the molecule is CN/C(=C\C(=N)c1ccccc1Cl)NC(=O)c1cc2ncccc2cc1Cl. The lowest BCUT2D eigenvalue weighted by Gasteiger charge is -2.12. The van der Waals surface area contributed by atoms with E-state index in [0.29, 0.717) is 32.5 Å². The highest BCUT2D eigenvalue weighted by molar-refractivity contribution is 6.35. The topological polar surface area (TPSA) is 77.9 Å². The third kappa shape index (κ3) is 4.27. The number of nitrogens with one attached hydrogen (secondary N) is 3. The number of carbonyl (C=O) groups is 1. The van der Waals surface area contributed by atoms with Gasteiger partial charge in [0, 0.05) is 35.3 Å². The molecule has 0 saturated heterocycles. The van der Waals surface area contributed by atoms with E-state index in [4.69, 9.17) is 28.6 Å². The van der Waals surface area contributed by atoms with Gasteiger partial charge in [0.2, 0.25) is 0 Å². The van der Waals surface area contributed by atoms with E-state index < -0.39 is 5.91 Å².